The lowest BCUT2D eigenvalue weighted by molar-refractivity contribution is 0.454. The van der Waals surface area contributed by atoms with E-state index in [0.29, 0.717) is 6.54 Å². The number of nitrogens with zero attached hydrogens (tertiary/aromatic N) is 1. The van der Waals surface area contributed by atoms with Gasteiger partial charge in [0.05, 0.1) is 5.69 Å². The van der Waals surface area contributed by atoms with Crippen molar-refractivity contribution < 1.29 is 4.42 Å². The zero-order valence-corrected chi connectivity index (χ0v) is 7.36. The molecule has 1 heterocycles. The second-order valence-electron chi connectivity index (χ2n) is 2.20. The van der Waals surface area contributed by atoms with Crippen LogP contribution in [0.5, 0.6) is 0 Å². The van der Waals surface area contributed by atoms with Gasteiger partial charge in [0.25, 0.3) is 5.22 Å². The van der Waals surface area contributed by atoms with E-state index in [1.165, 1.54) is 11.8 Å². The van der Waals surface area contributed by atoms with Crippen LogP contribution in [0, 0.1) is 0 Å². The maximum Gasteiger partial charge on any atom is 0.255 e. The molecule has 2 N–H and O–H groups in total. The van der Waals surface area contributed by atoms with Crippen LogP contribution < -0.4 is 5.73 Å². The molecule has 0 spiro atoms. The molecule has 3 nitrogen and oxygen atoms in total. The molecule has 1 aromatic rings. The van der Waals surface area contributed by atoms with Gasteiger partial charge in [-0.1, -0.05) is 11.8 Å². The van der Waals surface area contributed by atoms with Crippen molar-refractivity contribution in [1.29, 1.82) is 0 Å². The van der Waals surface area contributed by atoms with E-state index >= 15 is 0 Å². The van der Waals surface area contributed by atoms with Crippen molar-refractivity contribution in [1.82, 2.24) is 4.98 Å². The monoisotopic (exact) mass is 172 g/mol. The molecule has 1 aromatic heterocycles. The molecule has 0 aromatic carbocycles. The molecule has 0 fully saturated rings. The van der Waals surface area contributed by atoms with E-state index in [4.69, 9.17) is 10.2 Å². The Labute approximate surface area is 70.4 Å². The lowest BCUT2D eigenvalue weighted by Gasteiger charge is -1.89. The van der Waals surface area contributed by atoms with Gasteiger partial charge in [0.1, 0.15) is 6.26 Å². The Kier molecular flexibility index (Phi) is 3.45. The summed E-state index contributed by atoms with van der Waals surface area (Å²) in [5, 5.41) is 0.733. The van der Waals surface area contributed by atoms with Gasteiger partial charge in [-0.25, -0.2) is 4.98 Å². The number of aromatic nitrogens is 1. The Morgan fingerprint density at radius 3 is 3.09 bits per heavy atom. The van der Waals surface area contributed by atoms with Crippen LogP contribution in [-0.2, 0) is 6.42 Å². The molecule has 0 aliphatic heterocycles. The minimum atomic E-state index is 0.710. The average Bonchev–Trinajstić information content (AvgIpc) is 2.48. The average molecular weight is 172 g/mol. The maximum absolute atomic E-state index is 5.35. The van der Waals surface area contributed by atoms with Gasteiger partial charge < -0.3 is 10.2 Å². The highest BCUT2D eigenvalue weighted by atomic mass is 32.2. The highest BCUT2D eigenvalue weighted by Gasteiger charge is 2.00. The normalized spacial score (nSPS) is 10.4. The number of nitrogens with two attached hydrogens (primary N) is 1. The Bertz CT molecular complexity index is 212. The van der Waals surface area contributed by atoms with Crippen LogP contribution in [0.1, 0.15) is 12.1 Å². The molecule has 0 unspecified atom stereocenters. The van der Waals surface area contributed by atoms with Gasteiger partial charge in [0, 0.05) is 0 Å². The third-order valence-corrected chi connectivity index (χ3v) is 1.88. The summed E-state index contributed by atoms with van der Waals surface area (Å²) in [5.41, 5.74) is 6.35. The van der Waals surface area contributed by atoms with Crippen molar-refractivity contribution in [3.8, 4) is 0 Å². The number of hydrogen-bond donors (Lipinski definition) is 1. The Balaban J connectivity index is 2.44. The van der Waals surface area contributed by atoms with Gasteiger partial charge >= 0.3 is 0 Å². The number of oxazole rings is 1. The van der Waals surface area contributed by atoms with Crippen molar-refractivity contribution in [2.45, 2.75) is 18.1 Å². The molecule has 0 bridgehead atoms. The van der Waals surface area contributed by atoms with Crippen molar-refractivity contribution in [2.75, 3.05) is 12.8 Å². The summed E-state index contributed by atoms with van der Waals surface area (Å²) < 4.78 is 5.12. The molecule has 11 heavy (non-hydrogen) atoms. The smallest absolute Gasteiger partial charge is 0.255 e. The molecule has 0 saturated heterocycles. The first-order chi connectivity index (χ1) is 5.36. The standard InChI is InChI=1S/C7H12N2OS/c1-11-7-9-6(5-10-7)3-2-4-8/h5H,2-4,8H2,1H3. The summed E-state index contributed by atoms with van der Waals surface area (Å²) in [6.45, 7) is 0.710. The maximum atomic E-state index is 5.35. The Morgan fingerprint density at radius 1 is 1.73 bits per heavy atom. The third-order valence-electron chi connectivity index (χ3n) is 1.34. The zero-order chi connectivity index (χ0) is 8.10. The first kappa shape index (κ1) is 8.62. The molecule has 0 aliphatic carbocycles. The lowest BCUT2D eigenvalue weighted by Crippen LogP contribution is -2.00. The van der Waals surface area contributed by atoms with Crippen molar-refractivity contribution in [3.05, 3.63) is 12.0 Å². The minimum Gasteiger partial charge on any atom is -0.440 e. The van der Waals surface area contributed by atoms with Crippen LogP contribution in [-0.4, -0.2) is 17.8 Å². The molecular formula is C7H12N2OS. The summed E-state index contributed by atoms with van der Waals surface area (Å²) >= 11 is 1.51. The highest BCUT2D eigenvalue weighted by molar-refractivity contribution is 7.98. The number of thioether (sulfide) groups is 1. The molecule has 0 amide bonds. The van der Waals surface area contributed by atoms with Crippen LogP contribution in [0.15, 0.2) is 15.9 Å². The molecule has 4 heteroatoms. The van der Waals surface area contributed by atoms with Gasteiger partial charge in [-0.2, -0.15) is 0 Å². The summed E-state index contributed by atoms with van der Waals surface area (Å²) in [5.74, 6) is 0. The van der Waals surface area contributed by atoms with E-state index in [0.717, 1.165) is 23.8 Å². The summed E-state index contributed by atoms with van der Waals surface area (Å²) in [7, 11) is 0. The molecule has 0 saturated carbocycles. The van der Waals surface area contributed by atoms with Crippen LogP contribution in [0.4, 0.5) is 0 Å². The topological polar surface area (TPSA) is 52.0 Å². The number of aryl methyl sites for hydroxylation is 1. The Hall–Kier alpha value is -0.480. The predicted octanol–water partition coefficient (Wildman–Crippen LogP) is 1.29. The fraction of sp³-hybridized carbons (Fsp3) is 0.571. The quantitative estimate of drug-likeness (QED) is 0.695. The third kappa shape index (κ3) is 2.55. The van der Waals surface area contributed by atoms with E-state index in [1.54, 1.807) is 6.26 Å². The zero-order valence-electron chi connectivity index (χ0n) is 6.54. The van der Waals surface area contributed by atoms with Gasteiger partial charge in [-0.15, -0.1) is 0 Å². The lowest BCUT2D eigenvalue weighted by atomic mass is 10.2. The first-order valence-corrected chi connectivity index (χ1v) is 4.77. The van der Waals surface area contributed by atoms with Crippen LogP contribution >= 0.6 is 11.8 Å². The first-order valence-electron chi connectivity index (χ1n) is 3.55. The summed E-state index contributed by atoms with van der Waals surface area (Å²) in [4.78, 5) is 4.21. The largest absolute Gasteiger partial charge is 0.440 e. The van der Waals surface area contributed by atoms with Crippen LogP contribution in [0.2, 0.25) is 0 Å². The van der Waals surface area contributed by atoms with Gasteiger partial charge in [0.15, 0.2) is 0 Å². The molecule has 62 valence electrons. The Morgan fingerprint density at radius 2 is 2.55 bits per heavy atom. The van der Waals surface area contributed by atoms with Gasteiger partial charge in [0.2, 0.25) is 0 Å². The molecule has 0 aliphatic rings. The predicted molar refractivity (Wildman–Crippen MR) is 45.7 cm³/mol. The van der Waals surface area contributed by atoms with Gasteiger partial charge in [-0.05, 0) is 25.6 Å². The number of rotatable bonds is 4. The van der Waals surface area contributed by atoms with Crippen LogP contribution in [0.3, 0.4) is 0 Å². The minimum absolute atomic E-state index is 0.710. The summed E-state index contributed by atoms with van der Waals surface area (Å²) in [6, 6.07) is 0. The van der Waals surface area contributed by atoms with E-state index in [1.807, 2.05) is 6.26 Å². The second-order valence-corrected chi connectivity index (χ2v) is 2.96. The fourth-order valence-electron chi connectivity index (χ4n) is 0.780. The van der Waals surface area contributed by atoms with E-state index in [9.17, 15) is 0 Å². The van der Waals surface area contributed by atoms with Crippen molar-refractivity contribution in [2.24, 2.45) is 5.73 Å². The van der Waals surface area contributed by atoms with Crippen molar-refractivity contribution in [3.63, 3.8) is 0 Å². The molecule has 0 atom stereocenters. The summed E-state index contributed by atoms with van der Waals surface area (Å²) in [6.07, 6.45) is 5.53. The molecular weight excluding hydrogens is 160 g/mol. The molecule has 0 radical (unpaired) electrons. The van der Waals surface area contributed by atoms with E-state index < -0.39 is 0 Å². The highest BCUT2D eigenvalue weighted by Crippen LogP contribution is 2.13. The second kappa shape index (κ2) is 4.41. The SMILES string of the molecule is CSc1nc(CCCN)co1. The van der Waals surface area contributed by atoms with E-state index in [2.05, 4.69) is 4.98 Å². The van der Waals surface area contributed by atoms with Crippen LogP contribution in [0.25, 0.3) is 0 Å². The van der Waals surface area contributed by atoms with E-state index in [-0.39, 0.29) is 0 Å². The van der Waals surface area contributed by atoms with Gasteiger partial charge in [-0.3, -0.25) is 0 Å². The number of hydrogen-bond acceptors (Lipinski definition) is 4. The fourth-order valence-corrected chi connectivity index (χ4v) is 1.13. The molecule has 1 rings (SSSR count). The van der Waals surface area contributed by atoms with Crippen molar-refractivity contribution >= 4 is 11.8 Å².